The van der Waals surface area contributed by atoms with E-state index in [-0.39, 0.29) is 16.5 Å². The van der Waals surface area contributed by atoms with Gasteiger partial charge in [-0.05, 0) is 6.07 Å². The molecule has 1 N–H and O–H groups in total. The summed E-state index contributed by atoms with van der Waals surface area (Å²) in [7, 11) is 0. The molecular formula is C12H13ClN4O4. The summed E-state index contributed by atoms with van der Waals surface area (Å²) in [4.78, 5) is 23.8. The topological polar surface area (TPSA) is 97.1 Å². The van der Waals surface area contributed by atoms with E-state index in [1.54, 1.807) is 6.07 Å². The Labute approximate surface area is 125 Å². The molecule has 1 aliphatic rings. The Balaban J connectivity index is 2.06. The first-order chi connectivity index (χ1) is 10.1. The van der Waals surface area contributed by atoms with Gasteiger partial charge in [-0.3, -0.25) is 20.3 Å². The van der Waals surface area contributed by atoms with Gasteiger partial charge in [-0.15, -0.1) is 0 Å². The monoisotopic (exact) mass is 312 g/mol. The lowest BCUT2D eigenvalue weighted by atomic mass is 10.3. The van der Waals surface area contributed by atoms with Crippen LogP contribution in [-0.4, -0.2) is 47.2 Å². The molecule has 1 aromatic carbocycles. The average molecular weight is 313 g/mol. The largest absolute Gasteiger partial charge is 0.378 e. The van der Waals surface area contributed by atoms with E-state index in [4.69, 9.17) is 16.3 Å². The van der Waals surface area contributed by atoms with Crippen LogP contribution in [-0.2, 0) is 9.53 Å². The second-order valence-electron chi connectivity index (χ2n) is 4.19. The molecule has 1 heterocycles. The molecule has 0 bridgehead atoms. The molecule has 112 valence electrons. The summed E-state index contributed by atoms with van der Waals surface area (Å²) in [5.41, 5.74) is 2.46. The molecule has 0 atom stereocenters. The molecule has 1 saturated heterocycles. The van der Waals surface area contributed by atoms with E-state index in [2.05, 4.69) is 10.5 Å². The van der Waals surface area contributed by atoms with Crippen molar-refractivity contribution in [2.24, 2.45) is 5.10 Å². The standard InChI is InChI=1S/C12H13ClN4O4/c13-11(12(18)16-5-7-21-8-6-16)15-14-9-3-1-2-4-10(9)17(19)20/h1-4,14H,5-8H2/b15-11-. The molecule has 0 saturated carbocycles. The van der Waals surface area contributed by atoms with Crippen LogP contribution in [0.15, 0.2) is 29.4 Å². The van der Waals surface area contributed by atoms with Crippen LogP contribution in [0.25, 0.3) is 0 Å². The Kier molecular flexibility index (Phi) is 5.07. The van der Waals surface area contributed by atoms with E-state index in [1.165, 1.54) is 23.1 Å². The highest BCUT2D eigenvalue weighted by Crippen LogP contribution is 2.23. The number of hydrazone groups is 1. The van der Waals surface area contributed by atoms with Crippen molar-refractivity contribution in [3.05, 3.63) is 34.4 Å². The number of hydrogen-bond donors (Lipinski definition) is 1. The van der Waals surface area contributed by atoms with Gasteiger partial charge in [0.25, 0.3) is 11.6 Å². The molecule has 8 nitrogen and oxygen atoms in total. The summed E-state index contributed by atoms with van der Waals surface area (Å²) in [5.74, 6) is -0.439. The van der Waals surface area contributed by atoms with Crippen molar-refractivity contribution in [1.29, 1.82) is 0 Å². The minimum Gasteiger partial charge on any atom is -0.378 e. The Morgan fingerprint density at radius 3 is 2.71 bits per heavy atom. The third-order valence-electron chi connectivity index (χ3n) is 2.85. The van der Waals surface area contributed by atoms with Crippen LogP contribution in [0, 0.1) is 10.1 Å². The number of carbonyl (C=O) groups excluding carboxylic acids is 1. The fourth-order valence-corrected chi connectivity index (χ4v) is 1.94. The molecule has 2 rings (SSSR count). The van der Waals surface area contributed by atoms with Crippen molar-refractivity contribution >= 4 is 34.1 Å². The van der Waals surface area contributed by atoms with Gasteiger partial charge in [0.1, 0.15) is 5.69 Å². The number of ether oxygens (including phenoxy) is 1. The van der Waals surface area contributed by atoms with E-state index in [1.807, 2.05) is 0 Å². The molecule has 0 radical (unpaired) electrons. The maximum Gasteiger partial charge on any atom is 0.294 e. The number of nitrogens with one attached hydrogen (secondary N) is 1. The van der Waals surface area contributed by atoms with Crippen LogP contribution < -0.4 is 5.43 Å². The first-order valence-corrected chi connectivity index (χ1v) is 6.57. The number of amides is 1. The number of morpholine rings is 1. The van der Waals surface area contributed by atoms with Gasteiger partial charge in [0.15, 0.2) is 0 Å². The van der Waals surface area contributed by atoms with Crippen LogP contribution in [0.1, 0.15) is 0 Å². The summed E-state index contributed by atoms with van der Waals surface area (Å²) < 4.78 is 5.13. The van der Waals surface area contributed by atoms with Crippen molar-refractivity contribution in [3.8, 4) is 0 Å². The molecule has 1 amide bonds. The van der Waals surface area contributed by atoms with Gasteiger partial charge >= 0.3 is 0 Å². The molecular weight excluding hydrogens is 300 g/mol. The van der Waals surface area contributed by atoms with Crippen molar-refractivity contribution in [1.82, 2.24) is 4.90 Å². The Morgan fingerprint density at radius 2 is 2.05 bits per heavy atom. The maximum atomic E-state index is 12.0. The summed E-state index contributed by atoms with van der Waals surface area (Å²) in [6.07, 6.45) is 0. The highest BCUT2D eigenvalue weighted by molar-refractivity contribution is 6.82. The van der Waals surface area contributed by atoms with Crippen LogP contribution in [0.3, 0.4) is 0 Å². The SMILES string of the molecule is O=C(/C(Cl)=N/Nc1ccccc1[N+](=O)[O-])N1CCOCC1. The van der Waals surface area contributed by atoms with Gasteiger partial charge in [0, 0.05) is 19.2 Å². The van der Waals surface area contributed by atoms with Gasteiger partial charge in [-0.2, -0.15) is 5.10 Å². The molecule has 1 aliphatic heterocycles. The van der Waals surface area contributed by atoms with Gasteiger partial charge in [0.2, 0.25) is 5.17 Å². The molecule has 21 heavy (non-hydrogen) atoms. The van der Waals surface area contributed by atoms with E-state index in [9.17, 15) is 14.9 Å². The quantitative estimate of drug-likeness (QED) is 0.515. The van der Waals surface area contributed by atoms with Gasteiger partial charge < -0.3 is 9.64 Å². The highest BCUT2D eigenvalue weighted by atomic mass is 35.5. The molecule has 0 unspecified atom stereocenters. The fourth-order valence-electron chi connectivity index (χ4n) is 1.78. The number of rotatable bonds is 4. The predicted octanol–water partition coefficient (Wildman–Crippen LogP) is 1.42. The zero-order valence-electron chi connectivity index (χ0n) is 11.0. The lowest BCUT2D eigenvalue weighted by Gasteiger charge is -2.25. The summed E-state index contributed by atoms with van der Waals surface area (Å²) in [5, 5.41) is 14.3. The highest BCUT2D eigenvalue weighted by Gasteiger charge is 2.21. The van der Waals surface area contributed by atoms with Gasteiger partial charge in [0.05, 0.1) is 18.1 Å². The molecule has 9 heteroatoms. The number of halogens is 1. The molecule has 0 aliphatic carbocycles. The molecule has 1 aromatic rings. The first kappa shape index (κ1) is 15.2. The average Bonchev–Trinajstić information content (AvgIpc) is 2.52. The third kappa shape index (κ3) is 3.89. The van der Waals surface area contributed by atoms with Crippen molar-refractivity contribution in [3.63, 3.8) is 0 Å². The van der Waals surface area contributed by atoms with E-state index >= 15 is 0 Å². The summed E-state index contributed by atoms with van der Waals surface area (Å²) >= 11 is 5.83. The van der Waals surface area contributed by atoms with Crippen molar-refractivity contribution < 1.29 is 14.5 Å². The van der Waals surface area contributed by atoms with Gasteiger partial charge in [-0.25, -0.2) is 0 Å². The number of anilines is 1. The predicted molar refractivity (Wildman–Crippen MR) is 77.4 cm³/mol. The smallest absolute Gasteiger partial charge is 0.294 e. The van der Waals surface area contributed by atoms with E-state index in [0.29, 0.717) is 26.3 Å². The lowest BCUT2D eigenvalue weighted by molar-refractivity contribution is -0.384. The number of nitrogens with zero attached hydrogens (tertiary/aromatic N) is 3. The number of nitro groups is 1. The van der Waals surface area contributed by atoms with Crippen LogP contribution in [0.2, 0.25) is 0 Å². The normalized spacial score (nSPS) is 15.7. The second-order valence-corrected chi connectivity index (χ2v) is 4.55. The zero-order valence-corrected chi connectivity index (χ0v) is 11.7. The number of nitro benzene ring substituents is 1. The lowest BCUT2D eigenvalue weighted by Crippen LogP contribution is -2.43. The number of benzene rings is 1. The van der Waals surface area contributed by atoms with E-state index in [0.717, 1.165) is 0 Å². The Bertz CT molecular complexity index is 572. The maximum absolute atomic E-state index is 12.0. The molecule has 0 spiro atoms. The number of para-hydroxylation sites is 2. The summed E-state index contributed by atoms with van der Waals surface area (Å²) in [6, 6.07) is 5.95. The fraction of sp³-hybridized carbons (Fsp3) is 0.333. The minimum absolute atomic E-state index is 0.149. The van der Waals surface area contributed by atoms with Gasteiger partial charge in [-0.1, -0.05) is 23.7 Å². The summed E-state index contributed by atoms with van der Waals surface area (Å²) in [6.45, 7) is 1.78. The number of carbonyl (C=O) groups is 1. The van der Waals surface area contributed by atoms with E-state index < -0.39 is 10.8 Å². The van der Waals surface area contributed by atoms with Crippen molar-refractivity contribution in [2.75, 3.05) is 31.7 Å². The second kappa shape index (κ2) is 7.00. The van der Waals surface area contributed by atoms with Crippen LogP contribution in [0.4, 0.5) is 11.4 Å². The Hall–Kier alpha value is -2.19. The molecule has 0 aromatic heterocycles. The number of hydrogen-bond acceptors (Lipinski definition) is 6. The van der Waals surface area contributed by atoms with Crippen LogP contribution >= 0.6 is 11.6 Å². The molecule has 1 fully saturated rings. The Morgan fingerprint density at radius 1 is 1.38 bits per heavy atom. The van der Waals surface area contributed by atoms with Crippen molar-refractivity contribution in [2.45, 2.75) is 0 Å². The minimum atomic E-state index is -0.546. The first-order valence-electron chi connectivity index (χ1n) is 6.19. The third-order valence-corrected chi connectivity index (χ3v) is 3.10. The van der Waals surface area contributed by atoms with Crippen LogP contribution in [0.5, 0.6) is 0 Å². The zero-order chi connectivity index (χ0) is 15.2.